The van der Waals surface area contributed by atoms with E-state index >= 15 is 0 Å². The zero-order chi connectivity index (χ0) is 18.9. The number of benzene rings is 1. The molecule has 0 spiro atoms. The molecule has 2 N–H and O–H groups in total. The third-order valence-corrected chi connectivity index (χ3v) is 4.28. The number of guanidine groups is 1. The van der Waals surface area contributed by atoms with Gasteiger partial charge in [0.25, 0.3) is 0 Å². The first-order valence-electron chi connectivity index (χ1n) is 9.12. The van der Waals surface area contributed by atoms with Gasteiger partial charge >= 0.3 is 0 Å². The van der Waals surface area contributed by atoms with Crippen LogP contribution < -0.4 is 15.4 Å². The highest BCUT2D eigenvalue weighted by Crippen LogP contribution is 2.19. The summed E-state index contributed by atoms with van der Waals surface area (Å²) < 4.78 is 10.6. The molecule has 0 aliphatic rings. The Labute approximate surface area is 179 Å². The maximum Gasteiger partial charge on any atom is 0.191 e. The van der Waals surface area contributed by atoms with E-state index in [2.05, 4.69) is 46.8 Å². The van der Waals surface area contributed by atoms with Gasteiger partial charge in [-0.2, -0.15) is 0 Å². The zero-order valence-corrected chi connectivity index (χ0v) is 19.2. The molecule has 27 heavy (non-hydrogen) atoms. The van der Waals surface area contributed by atoms with Crippen LogP contribution in [0.3, 0.4) is 0 Å². The predicted molar refractivity (Wildman–Crippen MR) is 121 cm³/mol. The second kappa shape index (κ2) is 11.8. The molecule has 0 radical (unpaired) electrons. The van der Waals surface area contributed by atoms with Gasteiger partial charge in [0.05, 0.1) is 12.8 Å². The molecule has 0 aliphatic carbocycles. The van der Waals surface area contributed by atoms with Crippen molar-refractivity contribution in [3.05, 3.63) is 46.3 Å². The number of hydrogen-bond donors (Lipinski definition) is 2. The van der Waals surface area contributed by atoms with Crippen LogP contribution >= 0.6 is 24.0 Å². The van der Waals surface area contributed by atoms with Gasteiger partial charge in [-0.05, 0) is 52.2 Å². The minimum Gasteiger partial charge on any atom is -0.496 e. The summed E-state index contributed by atoms with van der Waals surface area (Å²) in [6, 6.07) is 6.26. The number of halogens is 1. The Morgan fingerprint density at radius 2 is 1.96 bits per heavy atom. The lowest BCUT2D eigenvalue weighted by atomic mass is 10.1. The number of nitrogens with one attached hydrogen (secondary N) is 2. The number of methoxy groups -OCH3 is 1. The average molecular weight is 486 g/mol. The summed E-state index contributed by atoms with van der Waals surface area (Å²) in [5, 5.41) is 10.7. The third-order valence-electron chi connectivity index (χ3n) is 4.28. The van der Waals surface area contributed by atoms with Crippen molar-refractivity contribution in [2.75, 3.05) is 26.7 Å². The summed E-state index contributed by atoms with van der Waals surface area (Å²) in [6.45, 7) is 10.4. The third kappa shape index (κ3) is 7.04. The highest BCUT2D eigenvalue weighted by Gasteiger charge is 2.08. The largest absolute Gasteiger partial charge is 0.496 e. The van der Waals surface area contributed by atoms with Crippen LogP contribution in [0.5, 0.6) is 5.75 Å². The first-order valence-corrected chi connectivity index (χ1v) is 9.12. The molecule has 1 aromatic heterocycles. The standard InChI is InChI=1S/C20H30N4O2.HI/c1-6-21-20(23-12-10-18-15(3)24-26-16(18)4)22-11-9-17-13-14(2)7-8-19(17)25-5;/h7-8,13H,6,9-12H2,1-5H3,(H2,21,22,23);1H. The van der Waals surface area contributed by atoms with Crippen molar-refractivity contribution in [1.82, 2.24) is 15.8 Å². The summed E-state index contributed by atoms with van der Waals surface area (Å²) in [6.07, 6.45) is 1.70. The van der Waals surface area contributed by atoms with Crippen LogP contribution in [-0.2, 0) is 12.8 Å². The molecule has 1 heterocycles. The quantitative estimate of drug-likeness (QED) is 0.339. The summed E-state index contributed by atoms with van der Waals surface area (Å²) in [7, 11) is 1.71. The lowest BCUT2D eigenvalue weighted by molar-refractivity contribution is 0.392. The first-order chi connectivity index (χ1) is 12.5. The number of aryl methyl sites for hydroxylation is 3. The maximum absolute atomic E-state index is 5.45. The SMILES string of the molecule is CCNC(=NCCc1c(C)noc1C)NCCc1cc(C)ccc1OC.I. The maximum atomic E-state index is 5.45. The lowest BCUT2D eigenvalue weighted by Crippen LogP contribution is -2.38. The Kier molecular flexibility index (Phi) is 10.2. The number of aliphatic imine (C=N–C) groups is 1. The van der Waals surface area contributed by atoms with E-state index in [1.54, 1.807) is 7.11 Å². The fourth-order valence-corrected chi connectivity index (χ4v) is 2.90. The van der Waals surface area contributed by atoms with Crippen LogP contribution in [0, 0.1) is 20.8 Å². The van der Waals surface area contributed by atoms with E-state index < -0.39 is 0 Å². The van der Waals surface area contributed by atoms with Crippen molar-refractivity contribution in [1.29, 1.82) is 0 Å². The molecule has 0 saturated heterocycles. The van der Waals surface area contributed by atoms with Crippen molar-refractivity contribution in [3.8, 4) is 5.75 Å². The van der Waals surface area contributed by atoms with E-state index in [0.717, 1.165) is 54.7 Å². The van der Waals surface area contributed by atoms with Gasteiger partial charge in [-0.15, -0.1) is 24.0 Å². The molecule has 1 aromatic carbocycles. The Bertz CT molecular complexity index is 724. The second-order valence-corrected chi connectivity index (χ2v) is 6.31. The summed E-state index contributed by atoms with van der Waals surface area (Å²) >= 11 is 0. The van der Waals surface area contributed by atoms with Gasteiger partial charge in [0.2, 0.25) is 0 Å². The van der Waals surface area contributed by atoms with E-state index in [-0.39, 0.29) is 24.0 Å². The molecule has 0 saturated carbocycles. The van der Waals surface area contributed by atoms with Gasteiger partial charge < -0.3 is 19.9 Å². The number of ether oxygens (including phenoxy) is 1. The van der Waals surface area contributed by atoms with Crippen LogP contribution in [0.2, 0.25) is 0 Å². The molecular weight excluding hydrogens is 455 g/mol. The van der Waals surface area contributed by atoms with Gasteiger partial charge in [0, 0.05) is 25.2 Å². The Hall–Kier alpha value is -1.77. The number of rotatable bonds is 8. The van der Waals surface area contributed by atoms with Crippen molar-refractivity contribution in [2.24, 2.45) is 4.99 Å². The van der Waals surface area contributed by atoms with Crippen molar-refractivity contribution < 1.29 is 9.26 Å². The van der Waals surface area contributed by atoms with E-state index in [1.807, 2.05) is 19.9 Å². The molecule has 0 unspecified atom stereocenters. The van der Waals surface area contributed by atoms with Crippen LogP contribution in [0.15, 0.2) is 27.7 Å². The van der Waals surface area contributed by atoms with Crippen LogP contribution in [-0.4, -0.2) is 37.9 Å². The predicted octanol–water partition coefficient (Wildman–Crippen LogP) is 3.57. The smallest absolute Gasteiger partial charge is 0.191 e. The van der Waals surface area contributed by atoms with Crippen LogP contribution in [0.1, 0.15) is 35.1 Å². The fraction of sp³-hybridized carbons (Fsp3) is 0.500. The molecule has 0 fully saturated rings. The van der Waals surface area contributed by atoms with Crippen molar-refractivity contribution in [2.45, 2.75) is 40.5 Å². The average Bonchev–Trinajstić information content (AvgIpc) is 2.94. The molecule has 2 aromatic rings. The molecule has 7 heteroatoms. The van der Waals surface area contributed by atoms with Crippen LogP contribution in [0.4, 0.5) is 0 Å². The van der Waals surface area contributed by atoms with Gasteiger partial charge in [-0.1, -0.05) is 22.9 Å². The normalized spacial score (nSPS) is 11.1. The number of nitrogens with zero attached hydrogens (tertiary/aromatic N) is 2. The molecule has 6 nitrogen and oxygen atoms in total. The van der Waals surface area contributed by atoms with E-state index in [4.69, 9.17) is 9.26 Å². The highest BCUT2D eigenvalue weighted by molar-refractivity contribution is 14.0. The van der Waals surface area contributed by atoms with Crippen molar-refractivity contribution in [3.63, 3.8) is 0 Å². The number of aromatic nitrogens is 1. The monoisotopic (exact) mass is 486 g/mol. The van der Waals surface area contributed by atoms with Gasteiger partial charge in [0.15, 0.2) is 5.96 Å². The van der Waals surface area contributed by atoms with Gasteiger partial charge in [-0.25, -0.2) is 0 Å². The summed E-state index contributed by atoms with van der Waals surface area (Å²) in [5.74, 6) is 2.63. The minimum absolute atomic E-state index is 0. The van der Waals surface area contributed by atoms with Crippen LogP contribution in [0.25, 0.3) is 0 Å². The highest BCUT2D eigenvalue weighted by atomic mass is 127. The first kappa shape index (κ1) is 23.3. The summed E-state index contributed by atoms with van der Waals surface area (Å²) in [5.41, 5.74) is 4.53. The molecule has 2 rings (SSSR count). The van der Waals surface area contributed by atoms with E-state index in [0.29, 0.717) is 6.54 Å². The molecule has 0 amide bonds. The lowest BCUT2D eigenvalue weighted by Gasteiger charge is -2.13. The van der Waals surface area contributed by atoms with E-state index in [9.17, 15) is 0 Å². The minimum atomic E-state index is 0. The number of hydrogen-bond acceptors (Lipinski definition) is 4. The second-order valence-electron chi connectivity index (χ2n) is 6.31. The summed E-state index contributed by atoms with van der Waals surface area (Å²) in [4.78, 5) is 4.66. The van der Waals surface area contributed by atoms with E-state index in [1.165, 1.54) is 11.1 Å². The molecule has 0 aliphatic heterocycles. The zero-order valence-electron chi connectivity index (χ0n) is 16.9. The fourth-order valence-electron chi connectivity index (χ4n) is 2.90. The Balaban J connectivity index is 0.00000364. The van der Waals surface area contributed by atoms with Gasteiger partial charge in [0.1, 0.15) is 11.5 Å². The molecule has 0 bridgehead atoms. The Morgan fingerprint density at radius 3 is 2.59 bits per heavy atom. The molecule has 150 valence electrons. The molecule has 0 atom stereocenters. The topological polar surface area (TPSA) is 71.7 Å². The van der Waals surface area contributed by atoms with Crippen molar-refractivity contribution >= 4 is 29.9 Å². The molecular formula is C20H31IN4O2. The Morgan fingerprint density at radius 1 is 1.19 bits per heavy atom. The van der Waals surface area contributed by atoms with Gasteiger partial charge in [-0.3, -0.25) is 4.99 Å².